The van der Waals surface area contributed by atoms with E-state index in [4.69, 9.17) is 14.0 Å². The zero-order chi connectivity index (χ0) is 17.8. The summed E-state index contributed by atoms with van der Waals surface area (Å²) >= 11 is 0. The van der Waals surface area contributed by atoms with Crippen LogP contribution in [0.15, 0.2) is 22.7 Å². The van der Waals surface area contributed by atoms with Crippen LogP contribution in [0.5, 0.6) is 11.5 Å². The first-order chi connectivity index (χ1) is 12.0. The van der Waals surface area contributed by atoms with E-state index in [0.717, 1.165) is 17.7 Å². The molecule has 2 heterocycles. The summed E-state index contributed by atoms with van der Waals surface area (Å²) in [6.07, 6.45) is 0.862. The smallest absolute Gasteiger partial charge is 0.319 e. The molecule has 0 atom stereocenters. The predicted octanol–water partition coefficient (Wildman–Crippen LogP) is 3.59. The molecular formula is C18H23N3O4. The number of aromatic nitrogens is 1. The Morgan fingerprint density at radius 1 is 1.24 bits per heavy atom. The predicted molar refractivity (Wildman–Crippen MR) is 93.2 cm³/mol. The van der Waals surface area contributed by atoms with Crippen molar-refractivity contribution in [2.45, 2.75) is 39.7 Å². The van der Waals surface area contributed by atoms with E-state index in [2.05, 4.69) is 15.8 Å². The molecule has 2 amide bonds. The SMILES string of the molecule is Cc1noc(C(C)C)c1NC(=O)NCc1ccc2c(c1)OCCCO2. The first kappa shape index (κ1) is 17.1. The molecular weight excluding hydrogens is 322 g/mol. The number of nitrogens with zero attached hydrogens (tertiary/aromatic N) is 1. The second kappa shape index (κ2) is 7.46. The molecule has 0 radical (unpaired) electrons. The van der Waals surface area contributed by atoms with Gasteiger partial charge >= 0.3 is 6.03 Å². The quantitative estimate of drug-likeness (QED) is 0.884. The van der Waals surface area contributed by atoms with E-state index in [0.29, 0.717) is 42.6 Å². The summed E-state index contributed by atoms with van der Waals surface area (Å²) in [4.78, 5) is 12.2. The lowest BCUT2D eigenvalue weighted by atomic mass is 10.1. The fraction of sp³-hybridized carbons (Fsp3) is 0.444. The minimum Gasteiger partial charge on any atom is -0.490 e. The second-order valence-electron chi connectivity index (χ2n) is 6.30. The highest BCUT2D eigenvalue weighted by molar-refractivity contribution is 5.90. The van der Waals surface area contributed by atoms with Gasteiger partial charge in [0.1, 0.15) is 11.4 Å². The number of hydrogen-bond donors (Lipinski definition) is 2. The van der Waals surface area contributed by atoms with Gasteiger partial charge in [-0.3, -0.25) is 0 Å². The number of urea groups is 1. The third kappa shape index (κ3) is 4.04. The molecule has 0 saturated carbocycles. The highest BCUT2D eigenvalue weighted by atomic mass is 16.5. The number of ether oxygens (including phenoxy) is 2. The normalized spacial score (nSPS) is 13.4. The third-order valence-electron chi connectivity index (χ3n) is 3.92. The summed E-state index contributed by atoms with van der Waals surface area (Å²) in [6, 6.07) is 5.38. The minimum absolute atomic E-state index is 0.137. The van der Waals surface area contributed by atoms with Crippen molar-refractivity contribution in [1.29, 1.82) is 0 Å². The minimum atomic E-state index is -0.305. The van der Waals surface area contributed by atoms with Gasteiger partial charge in [0.05, 0.1) is 13.2 Å². The number of anilines is 1. The van der Waals surface area contributed by atoms with Crippen LogP contribution in [-0.2, 0) is 6.54 Å². The number of nitrogens with one attached hydrogen (secondary N) is 2. The molecule has 0 saturated heterocycles. The van der Waals surface area contributed by atoms with Crippen LogP contribution >= 0.6 is 0 Å². The largest absolute Gasteiger partial charge is 0.490 e. The molecule has 0 fully saturated rings. The van der Waals surface area contributed by atoms with Crippen LogP contribution < -0.4 is 20.1 Å². The Balaban J connectivity index is 1.61. The second-order valence-corrected chi connectivity index (χ2v) is 6.30. The van der Waals surface area contributed by atoms with E-state index in [1.54, 1.807) is 6.92 Å². The number of amides is 2. The molecule has 1 aromatic carbocycles. The Kier molecular flexibility index (Phi) is 5.11. The van der Waals surface area contributed by atoms with Crippen molar-refractivity contribution in [1.82, 2.24) is 10.5 Å². The van der Waals surface area contributed by atoms with Gasteiger partial charge in [0.2, 0.25) is 0 Å². The average molecular weight is 345 g/mol. The van der Waals surface area contributed by atoms with E-state index < -0.39 is 0 Å². The van der Waals surface area contributed by atoms with Crippen LogP contribution in [0.1, 0.15) is 43.2 Å². The standard InChI is InChI=1S/C18H23N3O4/c1-11(2)17-16(12(3)21-25-17)20-18(22)19-10-13-5-6-14-15(9-13)24-8-4-7-23-14/h5-6,9,11H,4,7-8,10H2,1-3H3,(H2,19,20,22). The van der Waals surface area contributed by atoms with Crippen LogP contribution in [0.2, 0.25) is 0 Å². The van der Waals surface area contributed by atoms with E-state index in [1.807, 2.05) is 32.0 Å². The molecule has 1 aromatic heterocycles. The lowest BCUT2D eigenvalue weighted by molar-refractivity contribution is 0.251. The number of rotatable bonds is 4. The van der Waals surface area contributed by atoms with Gasteiger partial charge in [0.25, 0.3) is 0 Å². The number of fused-ring (bicyclic) bond motifs is 1. The lowest BCUT2D eigenvalue weighted by Gasteiger charge is -2.11. The summed E-state index contributed by atoms with van der Waals surface area (Å²) in [5.74, 6) is 2.27. The maximum Gasteiger partial charge on any atom is 0.319 e. The first-order valence-corrected chi connectivity index (χ1v) is 8.44. The zero-order valence-corrected chi connectivity index (χ0v) is 14.7. The Labute approximate surface area is 146 Å². The summed E-state index contributed by atoms with van der Waals surface area (Å²) in [5, 5.41) is 9.58. The number of hydrogen-bond acceptors (Lipinski definition) is 5. The molecule has 25 heavy (non-hydrogen) atoms. The van der Waals surface area contributed by atoms with Gasteiger partial charge in [0.15, 0.2) is 17.3 Å². The van der Waals surface area contributed by atoms with Gasteiger partial charge in [-0.15, -0.1) is 0 Å². The van der Waals surface area contributed by atoms with Crippen molar-refractivity contribution >= 4 is 11.7 Å². The van der Waals surface area contributed by atoms with Gasteiger partial charge in [-0.1, -0.05) is 25.1 Å². The van der Waals surface area contributed by atoms with Crippen molar-refractivity contribution in [3.8, 4) is 11.5 Å². The Bertz CT molecular complexity index is 755. The van der Waals surface area contributed by atoms with E-state index >= 15 is 0 Å². The summed E-state index contributed by atoms with van der Waals surface area (Å²) in [6.45, 7) is 7.44. The van der Waals surface area contributed by atoms with E-state index in [1.165, 1.54) is 0 Å². The Hall–Kier alpha value is -2.70. The van der Waals surface area contributed by atoms with Crippen molar-refractivity contribution in [2.75, 3.05) is 18.5 Å². The average Bonchev–Trinajstić information content (AvgIpc) is 2.81. The number of carbonyl (C=O) groups excluding carboxylic acids is 1. The number of aryl methyl sites for hydroxylation is 1. The third-order valence-corrected chi connectivity index (χ3v) is 3.92. The highest BCUT2D eigenvalue weighted by Gasteiger charge is 2.18. The van der Waals surface area contributed by atoms with Gasteiger partial charge in [-0.25, -0.2) is 4.79 Å². The van der Waals surface area contributed by atoms with Crippen molar-refractivity contribution < 1.29 is 18.8 Å². The van der Waals surface area contributed by atoms with Crippen LogP contribution in [0.4, 0.5) is 10.5 Å². The van der Waals surface area contributed by atoms with Crippen molar-refractivity contribution in [2.24, 2.45) is 0 Å². The Morgan fingerprint density at radius 3 is 2.76 bits per heavy atom. The van der Waals surface area contributed by atoms with Crippen LogP contribution in [-0.4, -0.2) is 24.4 Å². The molecule has 0 spiro atoms. The molecule has 134 valence electrons. The van der Waals surface area contributed by atoms with Gasteiger partial charge in [0, 0.05) is 18.9 Å². The van der Waals surface area contributed by atoms with Crippen LogP contribution in [0.3, 0.4) is 0 Å². The molecule has 7 nitrogen and oxygen atoms in total. The molecule has 1 aliphatic heterocycles. The van der Waals surface area contributed by atoms with Gasteiger partial charge in [-0.05, 0) is 24.6 Å². The summed E-state index contributed by atoms with van der Waals surface area (Å²) in [5.41, 5.74) is 2.23. The molecule has 3 rings (SSSR count). The topological polar surface area (TPSA) is 85.6 Å². The van der Waals surface area contributed by atoms with E-state index in [9.17, 15) is 4.79 Å². The molecule has 0 bridgehead atoms. The van der Waals surface area contributed by atoms with Crippen molar-refractivity contribution in [3.05, 3.63) is 35.2 Å². The lowest BCUT2D eigenvalue weighted by Crippen LogP contribution is -2.28. The molecule has 2 N–H and O–H groups in total. The fourth-order valence-electron chi connectivity index (χ4n) is 2.59. The number of carbonyl (C=O) groups is 1. The maximum atomic E-state index is 12.2. The van der Waals surface area contributed by atoms with Gasteiger partial charge < -0.3 is 24.6 Å². The summed E-state index contributed by atoms with van der Waals surface area (Å²) in [7, 11) is 0. The molecule has 0 unspecified atom stereocenters. The monoisotopic (exact) mass is 345 g/mol. The molecule has 0 aliphatic carbocycles. The zero-order valence-electron chi connectivity index (χ0n) is 14.7. The van der Waals surface area contributed by atoms with Crippen LogP contribution in [0.25, 0.3) is 0 Å². The molecule has 2 aromatic rings. The van der Waals surface area contributed by atoms with Crippen LogP contribution in [0, 0.1) is 6.92 Å². The fourth-order valence-corrected chi connectivity index (χ4v) is 2.59. The van der Waals surface area contributed by atoms with Crippen molar-refractivity contribution in [3.63, 3.8) is 0 Å². The number of benzene rings is 1. The first-order valence-electron chi connectivity index (χ1n) is 8.44. The highest BCUT2D eigenvalue weighted by Crippen LogP contribution is 2.30. The van der Waals surface area contributed by atoms with Gasteiger partial charge in [-0.2, -0.15) is 0 Å². The maximum absolute atomic E-state index is 12.2. The Morgan fingerprint density at radius 2 is 2.00 bits per heavy atom. The molecule has 1 aliphatic rings. The summed E-state index contributed by atoms with van der Waals surface area (Å²) < 4.78 is 16.5. The molecule has 7 heteroatoms. The van der Waals surface area contributed by atoms with E-state index in [-0.39, 0.29) is 11.9 Å².